The molecule has 2 N–H and O–H groups in total. The largest absolute Gasteiger partial charge is 0.481 e. The third-order valence-electron chi connectivity index (χ3n) is 1.81. The summed E-state index contributed by atoms with van der Waals surface area (Å²) in [5, 5.41) is 12.3. The summed E-state index contributed by atoms with van der Waals surface area (Å²) >= 11 is 8.00. The molecule has 0 unspecified atom stereocenters. The molecule has 1 aromatic rings. The molecule has 0 fully saturated rings. The molecule has 0 aliphatic rings. The van der Waals surface area contributed by atoms with Crippen molar-refractivity contribution in [1.29, 1.82) is 0 Å². The minimum atomic E-state index is -0.761. The number of aliphatic carboxylic acids is 1. The van der Waals surface area contributed by atoms with Crippen molar-refractivity contribution in [2.45, 2.75) is 12.8 Å². The third-order valence-corrected chi connectivity index (χ3v) is 2.94. The molecule has 0 spiro atoms. The Kier molecular flexibility index (Phi) is 5.17. The fourth-order valence-corrected chi connectivity index (χ4v) is 2.16. The highest BCUT2D eigenvalue weighted by atomic mass is 127. The summed E-state index contributed by atoms with van der Waals surface area (Å²) in [7, 11) is 0. The number of benzene rings is 1. The van der Waals surface area contributed by atoms with Crippen LogP contribution in [0.4, 0.5) is 5.69 Å². The SMILES string of the molecule is O=C(O)CCCNc1ccc(Cl)cc1I. The van der Waals surface area contributed by atoms with Crippen LogP contribution in [0.3, 0.4) is 0 Å². The number of nitrogens with one attached hydrogen (secondary N) is 1. The minimum absolute atomic E-state index is 0.192. The van der Waals surface area contributed by atoms with Gasteiger partial charge >= 0.3 is 5.97 Å². The molecule has 0 radical (unpaired) electrons. The number of hydrogen-bond acceptors (Lipinski definition) is 2. The number of hydrogen-bond donors (Lipinski definition) is 2. The van der Waals surface area contributed by atoms with Gasteiger partial charge in [-0.2, -0.15) is 0 Å². The van der Waals surface area contributed by atoms with E-state index in [4.69, 9.17) is 16.7 Å². The molecule has 0 aliphatic carbocycles. The quantitative estimate of drug-likeness (QED) is 0.640. The highest BCUT2D eigenvalue weighted by Crippen LogP contribution is 2.22. The number of rotatable bonds is 5. The van der Waals surface area contributed by atoms with Crippen LogP contribution in [0, 0.1) is 3.57 Å². The molecule has 82 valence electrons. The van der Waals surface area contributed by atoms with E-state index in [0.29, 0.717) is 18.0 Å². The summed E-state index contributed by atoms with van der Waals surface area (Å²) in [6.07, 6.45) is 0.811. The van der Waals surface area contributed by atoms with E-state index < -0.39 is 5.97 Å². The normalized spacial score (nSPS) is 10.0. The molecule has 1 rings (SSSR count). The van der Waals surface area contributed by atoms with Gasteiger partial charge in [-0.3, -0.25) is 4.79 Å². The lowest BCUT2D eigenvalue weighted by molar-refractivity contribution is -0.137. The fourth-order valence-electron chi connectivity index (χ4n) is 1.10. The monoisotopic (exact) mass is 339 g/mol. The maximum absolute atomic E-state index is 10.3. The second kappa shape index (κ2) is 6.17. The van der Waals surface area contributed by atoms with Crippen LogP contribution >= 0.6 is 34.2 Å². The van der Waals surface area contributed by atoms with Crippen LogP contribution in [0.25, 0.3) is 0 Å². The summed E-state index contributed by atoms with van der Waals surface area (Å²) in [6.45, 7) is 0.657. The lowest BCUT2D eigenvalue weighted by Crippen LogP contribution is -2.05. The molecule has 0 amide bonds. The third kappa shape index (κ3) is 4.70. The summed E-state index contributed by atoms with van der Waals surface area (Å²) in [5.41, 5.74) is 0.991. The maximum Gasteiger partial charge on any atom is 0.303 e. The van der Waals surface area contributed by atoms with E-state index >= 15 is 0 Å². The van der Waals surface area contributed by atoms with E-state index in [1.807, 2.05) is 18.2 Å². The summed E-state index contributed by atoms with van der Waals surface area (Å²) < 4.78 is 1.04. The minimum Gasteiger partial charge on any atom is -0.481 e. The lowest BCUT2D eigenvalue weighted by Gasteiger charge is -2.07. The van der Waals surface area contributed by atoms with Gasteiger partial charge in [-0.05, 0) is 47.2 Å². The van der Waals surface area contributed by atoms with Crippen molar-refractivity contribution in [1.82, 2.24) is 0 Å². The first-order valence-electron chi connectivity index (χ1n) is 4.50. The van der Waals surface area contributed by atoms with Gasteiger partial charge in [0.25, 0.3) is 0 Å². The van der Waals surface area contributed by atoms with E-state index in [9.17, 15) is 4.79 Å². The highest BCUT2D eigenvalue weighted by molar-refractivity contribution is 14.1. The van der Waals surface area contributed by atoms with E-state index in [1.54, 1.807) is 0 Å². The van der Waals surface area contributed by atoms with Gasteiger partial charge in [0, 0.05) is 27.2 Å². The molecule has 0 atom stereocenters. The smallest absolute Gasteiger partial charge is 0.303 e. The Morgan fingerprint density at radius 3 is 2.87 bits per heavy atom. The molecule has 3 nitrogen and oxygen atoms in total. The van der Waals surface area contributed by atoms with Crippen LogP contribution in [0.5, 0.6) is 0 Å². The van der Waals surface area contributed by atoms with Crippen molar-refractivity contribution >= 4 is 45.8 Å². The Labute approximate surface area is 107 Å². The Bertz CT molecular complexity index is 357. The first-order valence-corrected chi connectivity index (χ1v) is 5.96. The van der Waals surface area contributed by atoms with Crippen LogP contribution in [-0.2, 0) is 4.79 Å². The highest BCUT2D eigenvalue weighted by Gasteiger charge is 2.00. The maximum atomic E-state index is 10.3. The average molecular weight is 340 g/mol. The zero-order valence-electron chi connectivity index (χ0n) is 7.96. The van der Waals surface area contributed by atoms with Gasteiger partial charge in [0.1, 0.15) is 0 Å². The van der Waals surface area contributed by atoms with E-state index in [-0.39, 0.29) is 6.42 Å². The average Bonchev–Trinajstić information content (AvgIpc) is 2.14. The Hall–Kier alpha value is -0.490. The summed E-state index contributed by atoms with van der Waals surface area (Å²) in [4.78, 5) is 10.3. The van der Waals surface area contributed by atoms with Crippen molar-refractivity contribution in [2.24, 2.45) is 0 Å². The summed E-state index contributed by atoms with van der Waals surface area (Å²) in [5.74, 6) is -0.761. The predicted molar refractivity (Wildman–Crippen MR) is 69.5 cm³/mol. The van der Waals surface area contributed by atoms with Crippen LogP contribution in [0.1, 0.15) is 12.8 Å². The van der Waals surface area contributed by atoms with Gasteiger partial charge in [-0.25, -0.2) is 0 Å². The van der Waals surface area contributed by atoms with Gasteiger partial charge in [0.15, 0.2) is 0 Å². The van der Waals surface area contributed by atoms with Crippen molar-refractivity contribution in [3.63, 3.8) is 0 Å². The molecule has 0 aromatic heterocycles. The molecule has 15 heavy (non-hydrogen) atoms. The van der Waals surface area contributed by atoms with Gasteiger partial charge in [0.2, 0.25) is 0 Å². The van der Waals surface area contributed by atoms with Gasteiger partial charge in [0.05, 0.1) is 0 Å². The lowest BCUT2D eigenvalue weighted by atomic mass is 10.3. The fraction of sp³-hybridized carbons (Fsp3) is 0.300. The van der Waals surface area contributed by atoms with E-state index in [2.05, 4.69) is 27.9 Å². The number of halogens is 2. The standard InChI is InChI=1S/C10H11ClINO2/c11-7-3-4-9(8(12)6-7)13-5-1-2-10(14)15/h3-4,6,13H,1-2,5H2,(H,14,15). The number of carboxylic acids is 1. The first-order chi connectivity index (χ1) is 7.09. The van der Waals surface area contributed by atoms with Crippen molar-refractivity contribution < 1.29 is 9.90 Å². The number of carbonyl (C=O) groups is 1. The van der Waals surface area contributed by atoms with Crippen LogP contribution in [0.15, 0.2) is 18.2 Å². The van der Waals surface area contributed by atoms with Crippen molar-refractivity contribution in [3.05, 3.63) is 26.8 Å². The van der Waals surface area contributed by atoms with Gasteiger partial charge in [-0.15, -0.1) is 0 Å². The predicted octanol–water partition coefficient (Wildman–Crippen LogP) is 3.22. The number of anilines is 1. The Balaban J connectivity index is 2.40. The van der Waals surface area contributed by atoms with Crippen LogP contribution in [0.2, 0.25) is 5.02 Å². The molecule has 0 heterocycles. The molecule has 5 heteroatoms. The molecular formula is C10H11ClINO2. The Morgan fingerprint density at radius 2 is 2.27 bits per heavy atom. The van der Waals surface area contributed by atoms with Gasteiger partial charge in [-0.1, -0.05) is 11.6 Å². The molecule has 0 bridgehead atoms. The molecule has 0 aliphatic heterocycles. The molecule has 0 saturated carbocycles. The van der Waals surface area contributed by atoms with Crippen molar-refractivity contribution in [2.75, 3.05) is 11.9 Å². The zero-order chi connectivity index (χ0) is 11.3. The van der Waals surface area contributed by atoms with Crippen LogP contribution in [-0.4, -0.2) is 17.6 Å². The van der Waals surface area contributed by atoms with E-state index in [0.717, 1.165) is 9.26 Å². The Morgan fingerprint density at radius 1 is 1.53 bits per heavy atom. The molecular weight excluding hydrogens is 328 g/mol. The molecule has 0 saturated heterocycles. The van der Waals surface area contributed by atoms with Gasteiger partial charge < -0.3 is 10.4 Å². The topological polar surface area (TPSA) is 49.3 Å². The zero-order valence-corrected chi connectivity index (χ0v) is 10.9. The van der Waals surface area contributed by atoms with Crippen LogP contribution < -0.4 is 5.32 Å². The summed E-state index contributed by atoms with van der Waals surface area (Å²) in [6, 6.07) is 5.57. The second-order valence-electron chi connectivity index (χ2n) is 3.05. The van der Waals surface area contributed by atoms with E-state index in [1.165, 1.54) is 0 Å². The number of carboxylic acid groups (broad SMARTS) is 1. The second-order valence-corrected chi connectivity index (χ2v) is 4.65. The molecule has 1 aromatic carbocycles. The first kappa shape index (κ1) is 12.6. The van der Waals surface area contributed by atoms with Crippen molar-refractivity contribution in [3.8, 4) is 0 Å².